The lowest BCUT2D eigenvalue weighted by molar-refractivity contribution is 0.270. The molecule has 2 heteroatoms. The molecule has 114 valence electrons. The molecule has 0 aliphatic heterocycles. The van der Waals surface area contributed by atoms with Crippen molar-refractivity contribution in [3.05, 3.63) is 35.4 Å². The van der Waals surface area contributed by atoms with Crippen molar-refractivity contribution in [2.45, 2.75) is 59.5 Å². The van der Waals surface area contributed by atoms with E-state index in [1.165, 1.54) is 11.1 Å². The van der Waals surface area contributed by atoms with E-state index in [-0.39, 0.29) is 5.41 Å². The van der Waals surface area contributed by atoms with E-state index in [0.717, 1.165) is 26.2 Å². The van der Waals surface area contributed by atoms with E-state index in [0.29, 0.717) is 6.04 Å². The Labute approximate surface area is 125 Å². The highest BCUT2D eigenvalue weighted by Crippen LogP contribution is 2.25. The lowest BCUT2D eigenvalue weighted by Gasteiger charge is -2.26. The van der Waals surface area contributed by atoms with Crippen molar-refractivity contribution < 1.29 is 0 Å². The molecule has 1 atom stereocenters. The van der Waals surface area contributed by atoms with E-state index in [1.807, 2.05) is 0 Å². The van der Waals surface area contributed by atoms with Crippen LogP contribution in [0.15, 0.2) is 24.3 Å². The predicted molar refractivity (Wildman–Crippen MR) is 89.2 cm³/mol. The maximum absolute atomic E-state index is 3.67. The minimum Gasteiger partial charge on any atom is -0.309 e. The second-order valence-corrected chi connectivity index (χ2v) is 6.67. The second kappa shape index (κ2) is 7.80. The molecule has 0 heterocycles. The van der Waals surface area contributed by atoms with Gasteiger partial charge in [0.15, 0.2) is 0 Å². The molecule has 0 aliphatic carbocycles. The fourth-order valence-electron chi connectivity index (χ4n) is 2.62. The molecule has 0 aliphatic rings. The Bertz CT molecular complexity index is 389. The summed E-state index contributed by atoms with van der Waals surface area (Å²) in [5, 5.41) is 3.67. The standard InChI is InChI=1S/C18H32N2/c1-7-20(8-2)14-15(3)19-13-16-11-9-10-12-17(16)18(4,5)6/h9-12,15,19H,7-8,13-14H2,1-6H3. The topological polar surface area (TPSA) is 15.3 Å². The van der Waals surface area contributed by atoms with Crippen LogP contribution in [0, 0.1) is 0 Å². The van der Waals surface area contributed by atoms with Crippen LogP contribution in [0.5, 0.6) is 0 Å². The third-order valence-corrected chi connectivity index (χ3v) is 3.89. The van der Waals surface area contributed by atoms with Gasteiger partial charge in [-0.1, -0.05) is 58.9 Å². The molecule has 0 amide bonds. The Kier molecular flexibility index (Phi) is 6.70. The van der Waals surface area contributed by atoms with Crippen molar-refractivity contribution in [1.29, 1.82) is 0 Å². The number of benzene rings is 1. The minimum atomic E-state index is 0.209. The molecule has 1 aromatic rings. The highest BCUT2D eigenvalue weighted by Gasteiger charge is 2.17. The number of likely N-dealkylation sites (N-methyl/N-ethyl adjacent to an activating group) is 1. The summed E-state index contributed by atoms with van der Waals surface area (Å²) in [7, 11) is 0. The molecular formula is C18H32N2. The minimum absolute atomic E-state index is 0.209. The Morgan fingerprint density at radius 3 is 2.25 bits per heavy atom. The van der Waals surface area contributed by atoms with Gasteiger partial charge >= 0.3 is 0 Å². The van der Waals surface area contributed by atoms with Crippen molar-refractivity contribution in [2.24, 2.45) is 0 Å². The highest BCUT2D eigenvalue weighted by molar-refractivity contribution is 5.32. The van der Waals surface area contributed by atoms with Gasteiger partial charge in [0.1, 0.15) is 0 Å². The van der Waals surface area contributed by atoms with Crippen LogP contribution in [0.25, 0.3) is 0 Å². The highest BCUT2D eigenvalue weighted by atomic mass is 15.1. The van der Waals surface area contributed by atoms with Gasteiger partial charge in [-0.15, -0.1) is 0 Å². The van der Waals surface area contributed by atoms with Crippen LogP contribution in [0.4, 0.5) is 0 Å². The normalized spacial score (nSPS) is 13.8. The maximum Gasteiger partial charge on any atom is 0.0211 e. The average Bonchev–Trinajstić information content (AvgIpc) is 2.41. The molecule has 20 heavy (non-hydrogen) atoms. The van der Waals surface area contributed by atoms with Crippen LogP contribution in [0.2, 0.25) is 0 Å². The molecule has 0 fully saturated rings. The molecule has 1 N–H and O–H groups in total. The van der Waals surface area contributed by atoms with Gasteiger partial charge in [-0.2, -0.15) is 0 Å². The second-order valence-electron chi connectivity index (χ2n) is 6.67. The van der Waals surface area contributed by atoms with Gasteiger partial charge in [0.25, 0.3) is 0 Å². The number of hydrogen-bond donors (Lipinski definition) is 1. The first-order valence-electron chi connectivity index (χ1n) is 7.92. The van der Waals surface area contributed by atoms with Crippen LogP contribution < -0.4 is 5.32 Å². The SMILES string of the molecule is CCN(CC)CC(C)NCc1ccccc1C(C)(C)C. The van der Waals surface area contributed by atoms with Crippen LogP contribution in [0.1, 0.15) is 52.7 Å². The van der Waals surface area contributed by atoms with E-state index in [4.69, 9.17) is 0 Å². The molecule has 0 saturated carbocycles. The van der Waals surface area contributed by atoms with E-state index < -0.39 is 0 Å². The monoisotopic (exact) mass is 276 g/mol. The zero-order valence-corrected chi connectivity index (χ0v) is 14.2. The summed E-state index contributed by atoms with van der Waals surface area (Å²) in [5.41, 5.74) is 3.08. The molecule has 2 nitrogen and oxygen atoms in total. The van der Waals surface area contributed by atoms with Crippen LogP contribution >= 0.6 is 0 Å². The zero-order chi connectivity index (χ0) is 15.2. The molecule has 0 aromatic heterocycles. The van der Waals surface area contributed by atoms with Crippen LogP contribution in [-0.2, 0) is 12.0 Å². The Hall–Kier alpha value is -0.860. The van der Waals surface area contributed by atoms with E-state index in [1.54, 1.807) is 0 Å². The summed E-state index contributed by atoms with van der Waals surface area (Å²) >= 11 is 0. The summed E-state index contributed by atoms with van der Waals surface area (Å²) in [6.07, 6.45) is 0. The van der Waals surface area contributed by atoms with Crippen molar-refractivity contribution in [2.75, 3.05) is 19.6 Å². The van der Waals surface area contributed by atoms with Gasteiger partial charge < -0.3 is 10.2 Å². The third kappa shape index (κ3) is 5.26. The summed E-state index contributed by atoms with van der Waals surface area (Å²) in [4.78, 5) is 2.47. The molecule has 1 rings (SSSR count). The third-order valence-electron chi connectivity index (χ3n) is 3.89. The first kappa shape index (κ1) is 17.2. The number of nitrogens with one attached hydrogen (secondary N) is 1. The van der Waals surface area contributed by atoms with Crippen LogP contribution in [-0.4, -0.2) is 30.6 Å². The predicted octanol–water partition coefficient (Wildman–Crippen LogP) is 3.80. The van der Waals surface area contributed by atoms with Crippen molar-refractivity contribution in [1.82, 2.24) is 10.2 Å². The van der Waals surface area contributed by atoms with Gasteiger partial charge in [-0.05, 0) is 36.6 Å². The first-order valence-corrected chi connectivity index (χ1v) is 7.92. The Balaban J connectivity index is 2.62. The Morgan fingerprint density at radius 1 is 1.10 bits per heavy atom. The van der Waals surface area contributed by atoms with Crippen molar-refractivity contribution in [3.63, 3.8) is 0 Å². The fraction of sp³-hybridized carbons (Fsp3) is 0.667. The molecule has 1 aromatic carbocycles. The molecule has 0 bridgehead atoms. The Morgan fingerprint density at radius 2 is 1.70 bits per heavy atom. The summed E-state index contributed by atoms with van der Waals surface area (Å²) in [6.45, 7) is 17.9. The number of rotatable bonds is 7. The molecule has 0 radical (unpaired) electrons. The summed E-state index contributed by atoms with van der Waals surface area (Å²) in [5.74, 6) is 0. The number of hydrogen-bond acceptors (Lipinski definition) is 2. The lowest BCUT2D eigenvalue weighted by Crippen LogP contribution is -2.39. The molecule has 0 spiro atoms. The fourth-order valence-corrected chi connectivity index (χ4v) is 2.62. The largest absolute Gasteiger partial charge is 0.309 e. The van der Waals surface area contributed by atoms with Gasteiger partial charge in [0, 0.05) is 19.1 Å². The first-order chi connectivity index (χ1) is 9.38. The van der Waals surface area contributed by atoms with E-state index in [2.05, 4.69) is 76.0 Å². The van der Waals surface area contributed by atoms with Gasteiger partial charge in [-0.3, -0.25) is 0 Å². The summed E-state index contributed by atoms with van der Waals surface area (Å²) in [6, 6.07) is 9.30. The van der Waals surface area contributed by atoms with Crippen molar-refractivity contribution in [3.8, 4) is 0 Å². The molecule has 0 saturated heterocycles. The zero-order valence-electron chi connectivity index (χ0n) is 14.2. The lowest BCUT2D eigenvalue weighted by atomic mass is 9.84. The van der Waals surface area contributed by atoms with Gasteiger partial charge in [0.05, 0.1) is 0 Å². The van der Waals surface area contributed by atoms with E-state index >= 15 is 0 Å². The smallest absolute Gasteiger partial charge is 0.0211 e. The number of nitrogens with zero attached hydrogens (tertiary/aromatic N) is 1. The van der Waals surface area contributed by atoms with Gasteiger partial charge in [0.2, 0.25) is 0 Å². The van der Waals surface area contributed by atoms with Crippen LogP contribution in [0.3, 0.4) is 0 Å². The molecular weight excluding hydrogens is 244 g/mol. The quantitative estimate of drug-likeness (QED) is 0.815. The molecule has 1 unspecified atom stereocenters. The average molecular weight is 276 g/mol. The maximum atomic E-state index is 3.67. The van der Waals surface area contributed by atoms with Gasteiger partial charge in [-0.25, -0.2) is 0 Å². The van der Waals surface area contributed by atoms with E-state index in [9.17, 15) is 0 Å². The summed E-state index contributed by atoms with van der Waals surface area (Å²) < 4.78 is 0. The van der Waals surface area contributed by atoms with Crippen molar-refractivity contribution >= 4 is 0 Å².